The molecule has 5 amide bonds. The van der Waals surface area contributed by atoms with Crippen molar-refractivity contribution in [2.75, 3.05) is 19.6 Å². The molecule has 0 saturated heterocycles. The number of nitrogens with two attached hydrogens (primary N) is 2. The van der Waals surface area contributed by atoms with Crippen LogP contribution in [0.25, 0.3) is 0 Å². The molecule has 0 fully saturated rings. The maximum absolute atomic E-state index is 13.5. The number of nitrogens with one attached hydrogen (secondary N) is 5. The van der Waals surface area contributed by atoms with Crippen LogP contribution in [0, 0.1) is 0 Å². The molecule has 1 aromatic carbocycles. The fourth-order valence-electron chi connectivity index (χ4n) is 4.87. The van der Waals surface area contributed by atoms with E-state index in [4.69, 9.17) is 11.5 Å². The maximum atomic E-state index is 13.5. The van der Waals surface area contributed by atoms with Crippen molar-refractivity contribution in [2.24, 2.45) is 16.5 Å². The lowest BCUT2D eigenvalue weighted by Crippen LogP contribution is -2.55. The van der Waals surface area contributed by atoms with Gasteiger partial charge in [-0.05, 0) is 76.3 Å². The monoisotopic (exact) mass is 654 g/mol. The van der Waals surface area contributed by atoms with Crippen LogP contribution < -0.4 is 38.1 Å². The molecule has 14 nitrogen and oxygen atoms in total. The number of aldehydes is 1. The second-order valence-corrected chi connectivity index (χ2v) is 11.4. The van der Waals surface area contributed by atoms with Crippen molar-refractivity contribution >= 4 is 41.8 Å². The molecule has 1 aliphatic heterocycles. The Morgan fingerprint density at radius 1 is 0.851 bits per heavy atom. The summed E-state index contributed by atoms with van der Waals surface area (Å²) in [6.45, 7) is 1.06. The first-order valence-electron chi connectivity index (χ1n) is 16.3. The number of nitrogens with zero attached hydrogens (tertiary/aromatic N) is 1. The highest BCUT2D eigenvalue weighted by molar-refractivity contribution is 5.94. The number of aliphatic imine (C=N–C) groups is 1. The summed E-state index contributed by atoms with van der Waals surface area (Å²) in [6.07, 6.45) is 9.19. The Bertz CT molecular complexity index is 1220. The zero-order chi connectivity index (χ0) is 34.3. The number of guanidine groups is 1. The van der Waals surface area contributed by atoms with Gasteiger partial charge in [0.25, 0.3) is 5.91 Å². The van der Waals surface area contributed by atoms with E-state index in [1.54, 1.807) is 24.3 Å². The van der Waals surface area contributed by atoms with Gasteiger partial charge in [-0.2, -0.15) is 0 Å². The zero-order valence-corrected chi connectivity index (χ0v) is 27.0. The van der Waals surface area contributed by atoms with Gasteiger partial charge >= 0.3 is 0 Å². The minimum absolute atomic E-state index is 0.0887. The Hall–Kier alpha value is -4.75. The molecule has 0 radical (unpaired) electrons. The molecule has 2 rings (SSSR count). The molecule has 0 saturated carbocycles. The normalized spacial score (nSPS) is 21.4. The van der Waals surface area contributed by atoms with Crippen molar-refractivity contribution < 1.29 is 28.8 Å². The highest BCUT2D eigenvalue weighted by Gasteiger charge is 2.27. The molecule has 0 aliphatic carbocycles. The first-order chi connectivity index (χ1) is 22.7. The van der Waals surface area contributed by atoms with Crippen molar-refractivity contribution in [1.82, 2.24) is 26.6 Å². The Labute approximate surface area is 276 Å². The van der Waals surface area contributed by atoms with E-state index in [1.807, 2.05) is 18.2 Å². The van der Waals surface area contributed by atoms with Gasteiger partial charge in [0.05, 0.1) is 6.04 Å². The Kier molecular flexibility index (Phi) is 18.6. The largest absolute Gasteiger partial charge is 0.370 e. The van der Waals surface area contributed by atoms with Crippen LogP contribution in [0.1, 0.15) is 87.4 Å². The number of benzene rings is 1. The molecule has 0 unspecified atom stereocenters. The summed E-state index contributed by atoms with van der Waals surface area (Å²) in [5.74, 6) is -1.81. The van der Waals surface area contributed by atoms with Crippen molar-refractivity contribution in [3.05, 3.63) is 48.0 Å². The first-order valence-corrected chi connectivity index (χ1v) is 16.3. The highest BCUT2D eigenvalue weighted by atomic mass is 16.2. The summed E-state index contributed by atoms with van der Waals surface area (Å²) in [5, 5.41) is 13.9. The van der Waals surface area contributed by atoms with E-state index in [-0.39, 0.29) is 49.5 Å². The molecular formula is C33H50N8O6. The molecule has 47 heavy (non-hydrogen) atoms. The molecule has 258 valence electrons. The van der Waals surface area contributed by atoms with Crippen LogP contribution in [0.15, 0.2) is 47.5 Å². The first kappa shape index (κ1) is 38.4. The lowest BCUT2D eigenvalue weighted by Gasteiger charge is -2.24. The van der Waals surface area contributed by atoms with Crippen molar-refractivity contribution in [3.63, 3.8) is 0 Å². The van der Waals surface area contributed by atoms with Crippen molar-refractivity contribution in [2.45, 2.75) is 95.2 Å². The van der Waals surface area contributed by atoms with E-state index in [0.29, 0.717) is 82.7 Å². The Morgan fingerprint density at radius 2 is 1.51 bits per heavy atom. The maximum Gasteiger partial charge on any atom is 0.251 e. The van der Waals surface area contributed by atoms with Gasteiger partial charge in [-0.3, -0.25) is 29.0 Å². The fourth-order valence-corrected chi connectivity index (χ4v) is 4.87. The second kappa shape index (κ2) is 22.7. The number of hydrogen-bond donors (Lipinski definition) is 7. The Balaban J connectivity index is 2.14. The van der Waals surface area contributed by atoms with Gasteiger partial charge in [-0.25, -0.2) is 0 Å². The molecule has 0 bridgehead atoms. The lowest BCUT2D eigenvalue weighted by molar-refractivity contribution is -0.133. The third kappa shape index (κ3) is 16.9. The molecule has 3 atom stereocenters. The van der Waals surface area contributed by atoms with Crippen LogP contribution in [0.5, 0.6) is 0 Å². The van der Waals surface area contributed by atoms with Gasteiger partial charge in [0.15, 0.2) is 5.96 Å². The molecule has 1 heterocycles. The lowest BCUT2D eigenvalue weighted by atomic mass is 10.0. The minimum Gasteiger partial charge on any atom is -0.370 e. The summed E-state index contributed by atoms with van der Waals surface area (Å²) in [4.78, 5) is 79.8. The third-order valence-corrected chi connectivity index (χ3v) is 7.47. The van der Waals surface area contributed by atoms with Crippen LogP contribution in [-0.2, 0) is 24.0 Å². The molecular weight excluding hydrogens is 604 g/mol. The van der Waals surface area contributed by atoms with Gasteiger partial charge in [0, 0.05) is 38.0 Å². The van der Waals surface area contributed by atoms with Crippen LogP contribution >= 0.6 is 0 Å². The SMILES string of the molecule is NC(N)=NCCC[C@@H]1NC(=O)[C@H](CCCCNC(=O)c2ccccc2)NC(=O)CC/C=C\CCC(=O)NCCCC[C@@H](C=O)NC1=O. The molecule has 0 spiro atoms. The molecule has 9 N–H and O–H groups in total. The number of unbranched alkanes of at least 4 members (excludes halogenated alkanes) is 1. The van der Waals surface area contributed by atoms with E-state index in [9.17, 15) is 28.8 Å². The average Bonchev–Trinajstić information content (AvgIpc) is 3.05. The van der Waals surface area contributed by atoms with E-state index in [1.165, 1.54) is 0 Å². The molecule has 14 heteroatoms. The van der Waals surface area contributed by atoms with Crippen molar-refractivity contribution in [3.8, 4) is 0 Å². The number of carbonyl (C=O) groups is 6. The number of allylic oxidation sites excluding steroid dienone is 2. The van der Waals surface area contributed by atoms with Crippen LogP contribution in [0.4, 0.5) is 0 Å². The van der Waals surface area contributed by atoms with E-state index in [0.717, 1.165) is 0 Å². The van der Waals surface area contributed by atoms with Gasteiger partial charge in [0.1, 0.15) is 18.4 Å². The number of rotatable bonds is 11. The highest BCUT2D eigenvalue weighted by Crippen LogP contribution is 2.08. The van der Waals surface area contributed by atoms with Gasteiger partial charge < -0.3 is 42.8 Å². The quantitative estimate of drug-likeness (QED) is 0.0590. The predicted octanol–water partition coefficient (Wildman–Crippen LogP) is 0.710. The molecule has 0 aromatic heterocycles. The average molecular weight is 655 g/mol. The zero-order valence-electron chi connectivity index (χ0n) is 27.0. The van der Waals surface area contributed by atoms with Gasteiger partial charge in [0.2, 0.25) is 23.6 Å². The number of carbonyl (C=O) groups excluding carboxylic acids is 6. The second-order valence-electron chi connectivity index (χ2n) is 11.4. The third-order valence-electron chi connectivity index (χ3n) is 7.47. The summed E-state index contributed by atoms with van der Waals surface area (Å²) in [6, 6.07) is 6.08. The topological polar surface area (TPSA) is 227 Å². The number of amides is 5. The van der Waals surface area contributed by atoms with E-state index < -0.39 is 29.9 Å². The predicted molar refractivity (Wildman–Crippen MR) is 179 cm³/mol. The standard InChI is InChI=1S/C33H50N8O6/c34-33(35)38-22-12-17-27-31(46)39-25(23-42)15-8-10-20-36-28(43)18-6-1-2-7-19-29(44)40-26(32(47)41-27)16-9-11-21-37-30(45)24-13-4-3-5-14-24/h1-5,13-14,23,25-27H,6-12,15-22H2,(H,36,43)(H,37,45)(H,39,46)(H,40,44)(H,41,47)(H4,34,35,38)/b2-1-/t25-,26-,27-/m0/s1. The van der Waals surface area contributed by atoms with E-state index in [2.05, 4.69) is 31.6 Å². The van der Waals surface area contributed by atoms with Crippen LogP contribution in [-0.4, -0.2) is 79.5 Å². The van der Waals surface area contributed by atoms with Gasteiger partial charge in [-0.15, -0.1) is 0 Å². The summed E-state index contributed by atoms with van der Waals surface area (Å²) in [5.41, 5.74) is 11.4. The summed E-state index contributed by atoms with van der Waals surface area (Å²) >= 11 is 0. The van der Waals surface area contributed by atoms with Crippen molar-refractivity contribution in [1.29, 1.82) is 0 Å². The fraction of sp³-hybridized carbons (Fsp3) is 0.545. The molecule has 1 aromatic rings. The van der Waals surface area contributed by atoms with Crippen LogP contribution in [0.2, 0.25) is 0 Å². The smallest absolute Gasteiger partial charge is 0.251 e. The van der Waals surface area contributed by atoms with Gasteiger partial charge in [-0.1, -0.05) is 30.4 Å². The molecule has 1 aliphatic rings. The Morgan fingerprint density at radius 3 is 2.21 bits per heavy atom. The number of hydrogen-bond acceptors (Lipinski definition) is 7. The summed E-state index contributed by atoms with van der Waals surface area (Å²) in [7, 11) is 0. The minimum atomic E-state index is -1.01. The van der Waals surface area contributed by atoms with E-state index >= 15 is 0 Å². The van der Waals surface area contributed by atoms with Crippen LogP contribution in [0.3, 0.4) is 0 Å². The summed E-state index contributed by atoms with van der Waals surface area (Å²) < 4.78 is 0.